The van der Waals surface area contributed by atoms with Crippen molar-refractivity contribution in [3.63, 3.8) is 0 Å². The summed E-state index contributed by atoms with van der Waals surface area (Å²) < 4.78 is 12.2. The number of hydrogen-bond donors (Lipinski definition) is 1. The third-order valence-electron chi connectivity index (χ3n) is 4.87. The number of hydrogen-bond acceptors (Lipinski definition) is 3. The molecule has 1 aliphatic carbocycles. The van der Waals surface area contributed by atoms with E-state index in [1.54, 1.807) is 0 Å². The van der Waals surface area contributed by atoms with Gasteiger partial charge in [-0.05, 0) is 54.4 Å². The highest BCUT2D eigenvalue weighted by atomic mass is 16.5. The van der Waals surface area contributed by atoms with Gasteiger partial charge >= 0.3 is 0 Å². The van der Waals surface area contributed by atoms with Gasteiger partial charge in [0.15, 0.2) is 0 Å². The van der Waals surface area contributed by atoms with Gasteiger partial charge in [-0.2, -0.15) is 0 Å². The first-order valence-corrected chi connectivity index (χ1v) is 9.02. The van der Waals surface area contributed by atoms with E-state index in [-0.39, 0.29) is 6.10 Å². The topological polar surface area (TPSA) is 30.5 Å². The minimum atomic E-state index is 0.0345. The van der Waals surface area contributed by atoms with E-state index in [2.05, 4.69) is 41.7 Å². The maximum Gasteiger partial charge on any atom is 0.140 e. The number of benzene rings is 3. The molecule has 0 heterocycles. The first-order chi connectivity index (χ1) is 12.8. The highest BCUT2D eigenvalue weighted by Gasteiger charge is 2.32. The summed E-state index contributed by atoms with van der Waals surface area (Å²) in [6, 6.07) is 26.9. The molecule has 0 bridgehead atoms. The smallest absolute Gasteiger partial charge is 0.140 e. The summed E-state index contributed by atoms with van der Waals surface area (Å²) in [4.78, 5) is 0. The van der Waals surface area contributed by atoms with Gasteiger partial charge < -0.3 is 14.8 Å². The number of nitrogens with one attached hydrogen (secondary N) is 1. The fourth-order valence-electron chi connectivity index (χ4n) is 3.46. The van der Waals surface area contributed by atoms with E-state index in [4.69, 9.17) is 9.47 Å². The third-order valence-corrected chi connectivity index (χ3v) is 4.87. The molecular formula is C23H23NO2. The highest BCUT2D eigenvalue weighted by Crippen LogP contribution is 2.35. The molecule has 0 radical (unpaired) electrons. The number of rotatable bonds is 6. The van der Waals surface area contributed by atoms with Crippen LogP contribution in [-0.4, -0.2) is 13.1 Å². The fourth-order valence-corrected chi connectivity index (χ4v) is 3.46. The van der Waals surface area contributed by atoms with Gasteiger partial charge in [-0.1, -0.05) is 54.6 Å². The van der Waals surface area contributed by atoms with Crippen LogP contribution in [0.1, 0.15) is 22.8 Å². The van der Waals surface area contributed by atoms with Crippen LogP contribution in [-0.2, 0) is 13.0 Å². The normalized spacial score (nSPS) is 18.3. The van der Waals surface area contributed by atoms with E-state index >= 15 is 0 Å². The lowest BCUT2D eigenvalue weighted by Gasteiger charge is -2.22. The van der Waals surface area contributed by atoms with Crippen LogP contribution in [0.5, 0.6) is 11.5 Å². The van der Waals surface area contributed by atoms with E-state index in [1.807, 2.05) is 49.5 Å². The molecule has 1 aliphatic rings. The van der Waals surface area contributed by atoms with Crippen LogP contribution in [0, 0.1) is 0 Å². The van der Waals surface area contributed by atoms with Gasteiger partial charge in [-0.15, -0.1) is 0 Å². The number of likely N-dealkylation sites (N-methyl/N-ethyl adjacent to an activating group) is 1. The summed E-state index contributed by atoms with van der Waals surface area (Å²) >= 11 is 0. The zero-order valence-corrected chi connectivity index (χ0v) is 14.9. The SMILES string of the molecule is CNC1Cc2ccccc2C1Oc1ccc(OCc2ccccc2)cc1. The lowest BCUT2D eigenvalue weighted by Crippen LogP contribution is -2.32. The largest absolute Gasteiger partial charge is 0.489 e. The molecule has 0 aliphatic heterocycles. The highest BCUT2D eigenvalue weighted by molar-refractivity contribution is 5.38. The van der Waals surface area contributed by atoms with Gasteiger partial charge in [0.1, 0.15) is 24.2 Å². The first kappa shape index (κ1) is 16.7. The molecule has 0 saturated carbocycles. The Hall–Kier alpha value is -2.78. The molecule has 0 amide bonds. The molecule has 0 spiro atoms. The summed E-state index contributed by atoms with van der Waals surface area (Å²) in [5.74, 6) is 1.71. The Bertz CT molecular complexity index is 846. The van der Waals surface area contributed by atoms with E-state index in [0.717, 1.165) is 23.5 Å². The van der Waals surface area contributed by atoms with E-state index in [9.17, 15) is 0 Å². The minimum Gasteiger partial charge on any atom is -0.489 e. The van der Waals surface area contributed by atoms with Crippen LogP contribution >= 0.6 is 0 Å². The van der Waals surface area contributed by atoms with Crippen molar-refractivity contribution >= 4 is 0 Å². The Morgan fingerprint density at radius 1 is 0.846 bits per heavy atom. The summed E-state index contributed by atoms with van der Waals surface area (Å²) in [7, 11) is 1.99. The second-order valence-corrected chi connectivity index (χ2v) is 6.58. The van der Waals surface area contributed by atoms with Crippen LogP contribution in [0.15, 0.2) is 78.9 Å². The Morgan fingerprint density at radius 2 is 1.54 bits per heavy atom. The first-order valence-electron chi connectivity index (χ1n) is 9.02. The zero-order valence-electron chi connectivity index (χ0n) is 14.9. The Labute approximate surface area is 154 Å². The van der Waals surface area contributed by atoms with Crippen molar-refractivity contribution in [2.75, 3.05) is 7.05 Å². The average molecular weight is 345 g/mol. The van der Waals surface area contributed by atoms with Crippen molar-refractivity contribution in [2.45, 2.75) is 25.2 Å². The molecule has 0 aromatic heterocycles. The Morgan fingerprint density at radius 3 is 2.31 bits per heavy atom. The molecule has 0 fully saturated rings. The van der Waals surface area contributed by atoms with Crippen molar-refractivity contribution in [1.82, 2.24) is 5.32 Å². The van der Waals surface area contributed by atoms with E-state index in [0.29, 0.717) is 12.6 Å². The predicted octanol–water partition coefficient (Wildman–Crippen LogP) is 4.53. The van der Waals surface area contributed by atoms with Crippen molar-refractivity contribution < 1.29 is 9.47 Å². The molecular weight excluding hydrogens is 322 g/mol. The molecule has 1 N–H and O–H groups in total. The van der Waals surface area contributed by atoms with Crippen LogP contribution in [0.4, 0.5) is 0 Å². The summed E-state index contributed by atoms with van der Waals surface area (Å²) in [5.41, 5.74) is 3.79. The van der Waals surface area contributed by atoms with Crippen molar-refractivity contribution in [2.24, 2.45) is 0 Å². The van der Waals surface area contributed by atoms with Crippen LogP contribution in [0.3, 0.4) is 0 Å². The molecule has 4 rings (SSSR count). The van der Waals surface area contributed by atoms with Crippen molar-refractivity contribution in [1.29, 1.82) is 0 Å². The fraction of sp³-hybridized carbons (Fsp3) is 0.217. The molecule has 0 saturated heterocycles. The van der Waals surface area contributed by atoms with Gasteiger partial charge in [0, 0.05) is 0 Å². The molecule has 3 aromatic carbocycles. The van der Waals surface area contributed by atoms with Gasteiger partial charge in [0.05, 0.1) is 6.04 Å². The third kappa shape index (κ3) is 3.58. The van der Waals surface area contributed by atoms with Crippen LogP contribution < -0.4 is 14.8 Å². The molecule has 26 heavy (non-hydrogen) atoms. The van der Waals surface area contributed by atoms with Gasteiger partial charge in [-0.3, -0.25) is 0 Å². The lowest BCUT2D eigenvalue weighted by atomic mass is 10.1. The Balaban J connectivity index is 1.42. The van der Waals surface area contributed by atoms with Crippen molar-refractivity contribution in [3.8, 4) is 11.5 Å². The van der Waals surface area contributed by atoms with Gasteiger partial charge in [0.25, 0.3) is 0 Å². The second-order valence-electron chi connectivity index (χ2n) is 6.58. The zero-order chi connectivity index (χ0) is 17.8. The number of fused-ring (bicyclic) bond motifs is 1. The quantitative estimate of drug-likeness (QED) is 0.712. The maximum atomic E-state index is 6.31. The van der Waals surface area contributed by atoms with E-state index in [1.165, 1.54) is 11.1 Å². The van der Waals surface area contributed by atoms with E-state index < -0.39 is 0 Å². The second kappa shape index (κ2) is 7.63. The molecule has 2 atom stereocenters. The summed E-state index contributed by atoms with van der Waals surface area (Å²) in [6.07, 6.45) is 1.03. The molecule has 3 aromatic rings. The summed E-state index contributed by atoms with van der Waals surface area (Å²) in [6.45, 7) is 0.568. The molecule has 3 nitrogen and oxygen atoms in total. The maximum absolute atomic E-state index is 6.31. The molecule has 132 valence electrons. The predicted molar refractivity (Wildman–Crippen MR) is 104 cm³/mol. The monoisotopic (exact) mass is 345 g/mol. The average Bonchev–Trinajstić information content (AvgIpc) is 3.06. The lowest BCUT2D eigenvalue weighted by molar-refractivity contribution is 0.172. The molecule has 3 heteroatoms. The summed E-state index contributed by atoms with van der Waals surface area (Å²) in [5, 5.41) is 3.38. The van der Waals surface area contributed by atoms with Gasteiger partial charge in [0.2, 0.25) is 0 Å². The molecule has 2 unspecified atom stereocenters. The Kier molecular flexibility index (Phi) is 4.89. The van der Waals surface area contributed by atoms with Crippen LogP contribution in [0.25, 0.3) is 0 Å². The van der Waals surface area contributed by atoms with Crippen molar-refractivity contribution in [3.05, 3.63) is 95.6 Å². The number of ether oxygens (including phenoxy) is 2. The van der Waals surface area contributed by atoms with Crippen LogP contribution in [0.2, 0.25) is 0 Å². The van der Waals surface area contributed by atoms with Gasteiger partial charge in [-0.25, -0.2) is 0 Å². The minimum absolute atomic E-state index is 0.0345. The standard InChI is InChI=1S/C23H23NO2/c1-24-22-15-18-9-5-6-10-21(18)23(22)26-20-13-11-19(12-14-20)25-16-17-7-3-2-4-8-17/h2-14,22-24H,15-16H2,1H3.